The predicted octanol–water partition coefficient (Wildman–Crippen LogP) is -0.664. The van der Waals surface area contributed by atoms with E-state index in [2.05, 4.69) is 0 Å². The van der Waals surface area contributed by atoms with Crippen molar-refractivity contribution >= 4 is 6.67 Å². The van der Waals surface area contributed by atoms with E-state index < -0.39 is 6.67 Å². The minimum absolute atomic E-state index is 0.361. The van der Waals surface area contributed by atoms with E-state index in [0.717, 1.165) is 0 Å². The molecule has 0 aliphatic carbocycles. The van der Waals surface area contributed by atoms with Gasteiger partial charge in [0.15, 0.2) is 0 Å². The van der Waals surface area contributed by atoms with E-state index in [1.165, 1.54) is 0 Å². The van der Waals surface area contributed by atoms with Crippen LogP contribution in [0.15, 0.2) is 0 Å². The molecule has 0 aromatic carbocycles. The Kier molecular flexibility index (Phi) is 1.77. The summed E-state index contributed by atoms with van der Waals surface area (Å²) in [5, 5.41) is 0. The molecular weight excluding hydrogens is 192 g/mol. The van der Waals surface area contributed by atoms with Gasteiger partial charge in [0.1, 0.15) is 0 Å². The summed E-state index contributed by atoms with van der Waals surface area (Å²) >= 11 is -0.361. The maximum absolute atomic E-state index is 9.26. The van der Waals surface area contributed by atoms with Gasteiger partial charge in [-0.2, -0.15) is 0 Å². The molecule has 0 unspecified atom stereocenters. The van der Waals surface area contributed by atoms with Crippen molar-refractivity contribution in [2.24, 2.45) is 0 Å². The van der Waals surface area contributed by atoms with Crippen LogP contribution in [0.1, 0.15) is 0 Å². The first kappa shape index (κ1) is 5.83. The zero-order valence-corrected chi connectivity index (χ0v) is 7.23. The van der Waals surface area contributed by atoms with Crippen molar-refractivity contribution in [1.82, 2.24) is 0 Å². The Bertz CT molecular complexity index is 90.1. The predicted molar refractivity (Wildman–Crippen MR) is 11.5 cm³/mol. The first-order valence-corrected chi connectivity index (χ1v) is 7.36. The fraction of sp³-hybridized carbons (Fsp3) is 0. The van der Waals surface area contributed by atoms with Crippen LogP contribution < -0.4 is 0 Å². The first-order chi connectivity index (χ1) is 2.00. The van der Waals surface area contributed by atoms with Gasteiger partial charge in [-0.1, -0.05) is 0 Å². The molecule has 0 heterocycles. The molecule has 0 atom stereocenters. The molecule has 5 heteroatoms. The topological polar surface area (TPSA) is 54.4 Å². The summed E-state index contributed by atoms with van der Waals surface area (Å²) in [6.45, 7) is -3.50. The van der Waals surface area contributed by atoms with Crippen LogP contribution in [0.5, 0.6) is 0 Å². The Labute approximate surface area is 44.0 Å². The third kappa shape index (κ3) is 56.0. The summed E-state index contributed by atoms with van der Waals surface area (Å²) in [7, 11) is 0. The molecule has 0 aliphatic heterocycles. The van der Waals surface area contributed by atoms with Gasteiger partial charge in [0, 0.05) is 0 Å². The van der Waals surface area contributed by atoms with Crippen molar-refractivity contribution in [2.75, 3.05) is 0 Å². The molecule has 27 valence electrons. The van der Waals surface area contributed by atoms with Crippen LogP contribution in [0.25, 0.3) is 0 Å². The van der Waals surface area contributed by atoms with E-state index >= 15 is 0 Å². The molecule has 0 aromatic rings. The molecule has 0 saturated heterocycles. The van der Waals surface area contributed by atoms with Gasteiger partial charge in [-0.05, 0) is 0 Å². The molecule has 1 N–H and O–H groups in total. The second-order valence-corrected chi connectivity index (χ2v) is 7.99. The molecule has 0 radical (unpaired) electrons. The van der Waals surface area contributed by atoms with Crippen molar-refractivity contribution in [3.8, 4) is 0 Å². The molecule has 3 nitrogen and oxygen atoms in total. The molecule has 0 bridgehead atoms. The van der Waals surface area contributed by atoms with E-state index in [1.54, 1.807) is 0 Å². The van der Waals surface area contributed by atoms with Crippen LogP contribution in [-0.4, -0.2) is 13.0 Å². The monoisotopic (exact) mass is 195 g/mol. The van der Waals surface area contributed by atoms with E-state index in [0.29, 0.717) is 0 Å². The van der Waals surface area contributed by atoms with Crippen molar-refractivity contribution in [1.29, 1.82) is 0 Å². The van der Waals surface area contributed by atoms with Crippen molar-refractivity contribution in [2.45, 2.75) is 0 Å². The Morgan fingerprint density at radius 1 is 1.60 bits per heavy atom. The average Bonchev–Trinajstić information content (AvgIpc) is 0.722. The average molecular weight is 193 g/mol. The SMILES string of the molecule is O=[S](=O)(O)[Cd]. The van der Waals surface area contributed by atoms with Crippen LogP contribution in [0.3, 0.4) is 0 Å². The molecular formula is HCdO3S. The molecule has 0 amide bonds. The van der Waals surface area contributed by atoms with E-state index in [4.69, 9.17) is 4.55 Å². The van der Waals surface area contributed by atoms with Crippen LogP contribution in [0, 0.1) is 0 Å². The van der Waals surface area contributed by atoms with Gasteiger partial charge in [-0.15, -0.1) is 0 Å². The second kappa shape index (κ2) is 1.52. The van der Waals surface area contributed by atoms with Gasteiger partial charge in [0.05, 0.1) is 0 Å². The molecule has 5 heavy (non-hydrogen) atoms. The normalized spacial score (nSPS) is 11.8. The number of hydrogen-bond acceptors (Lipinski definition) is 2. The summed E-state index contributed by atoms with van der Waals surface area (Å²) in [6.07, 6.45) is 0. The molecule has 0 saturated carbocycles. The molecule has 0 spiro atoms. The fourth-order valence-corrected chi connectivity index (χ4v) is 0. The zero-order chi connectivity index (χ0) is 4.50. The third-order valence-electron chi connectivity index (χ3n) is 0. The summed E-state index contributed by atoms with van der Waals surface area (Å²) < 4.78 is 26.1. The van der Waals surface area contributed by atoms with Crippen LogP contribution in [0.2, 0.25) is 0 Å². The quantitative estimate of drug-likeness (QED) is 0.410. The second-order valence-electron chi connectivity index (χ2n) is 0.582. The van der Waals surface area contributed by atoms with Gasteiger partial charge < -0.3 is 0 Å². The third-order valence-corrected chi connectivity index (χ3v) is 0. The van der Waals surface area contributed by atoms with E-state index in [-0.39, 0.29) is 24.3 Å². The molecule has 0 rings (SSSR count). The minimum atomic E-state index is -3.50. The van der Waals surface area contributed by atoms with Gasteiger partial charge in [0.2, 0.25) is 0 Å². The van der Waals surface area contributed by atoms with Gasteiger partial charge >= 0.3 is 43.9 Å². The van der Waals surface area contributed by atoms with Gasteiger partial charge in [0.25, 0.3) is 0 Å². The molecule has 0 fully saturated rings. The standard InChI is InChI=1S/Cd.HO3S/c;1-4(2)3/h;(H,1,2,3). The number of rotatable bonds is 0. The van der Waals surface area contributed by atoms with Crippen molar-refractivity contribution < 1.29 is 37.2 Å². The molecule has 0 aliphatic rings. The first-order valence-electron chi connectivity index (χ1n) is 0.805. The summed E-state index contributed by atoms with van der Waals surface area (Å²) in [5.41, 5.74) is 0. The van der Waals surface area contributed by atoms with E-state index in [9.17, 15) is 8.42 Å². The van der Waals surface area contributed by atoms with Crippen LogP contribution in [0.4, 0.5) is 0 Å². The molecule has 0 aromatic heterocycles. The summed E-state index contributed by atoms with van der Waals surface area (Å²) in [6, 6.07) is 0. The Hall–Kier alpha value is 0.832. The Morgan fingerprint density at radius 3 is 1.60 bits per heavy atom. The number of hydrogen-bond donors (Lipinski definition) is 1. The van der Waals surface area contributed by atoms with Crippen LogP contribution >= 0.6 is 0 Å². The maximum atomic E-state index is 9.26. The van der Waals surface area contributed by atoms with Crippen LogP contribution in [-0.2, 0) is 30.9 Å². The summed E-state index contributed by atoms with van der Waals surface area (Å²) in [4.78, 5) is 0. The Balaban J connectivity index is 4.06. The van der Waals surface area contributed by atoms with E-state index in [1.807, 2.05) is 0 Å². The van der Waals surface area contributed by atoms with Crippen molar-refractivity contribution in [3.05, 3.63) is 0 Å². The van der Waals surface area contributed by atoms with Gasteiger partial charge in [-0.25, -0.2) is 0 Å². The van der Waals surface area contributed by atoms with Gasteiger partial charge in [-0.3, -0.25) is 0 Å². The Morgan fingerprint density at radius 2 is 1.60 bits per heavy atom. The zero-order valence-electron chi connectivity index (χ0n) is 2.38. The summed E-state index contributed by atoms with van der Waals surface area (Å²) in [5.74, 6) is 0. The van der Waals surface area contributed by atoms with Crippen molar-refractivity contribution in [3.63, 3.8) is 0 Å². The fourth-order valence-electron chi connectivity index (χ4n) is 0.